The minimum atomic E-state index is -0.652. The number of carbonyl (C=O) groups excluding carboxylic acids is 2. The number of hydrogen-bond acceptors (Lipinski definition) is 6. The van der Waals surface area contributed by atoms with Crippen molar-refractivity contribution < 1.29 is 19.1 Å². The number of carbonyl (C=O) groups is 2. The van der Waals surface area contributed by atoms with Crippen molar-refractivity contribution in [2.75, 3.05) is 11.9 Å². The summed E-state index contributed by atoms with van der Waals surface area (Å²) in [5, 5.41) is 15.1. The number of amides is 1. The van der Waals surface area contributed by atoms with Gasteiger partial charge in [-0.1, -0.05) is 72.3 Å². The van der Waals surface area contributed by atoms with Gasteiger partial charge in [0.05, 0.1) is 6.61 Å². The molecule has 0 saturated heterocycles. The predicted octanol–water partition coefficient (Wildman–Crippen LogP) is 7.37. The second-order valence-corrected chi connectivity index (χ2v) is 9.33. The lowest BCUT2D eigenvalue weighted by molar-refractivity contribution is -0.112. The van der Waals surface area contributed by atoms with E-state index in [0.717, 1.165) is 11.1 Å². The molecular formula is C30H23ClN2O4S. The van der Waals surface area contributed by atoms with Crippen LogP contribution >= 0.6 is 22.9 Å². The Morgan fingerprint density at radius 1 is 1.03 bits per heavy atom. The number of para-hydroxylation sites is 1. The van der Waals surface area contributed by atoms with Gasteiger partial charge in [0.2, 0.25) is 0 Å². The summed E-state index contributed by atoms with van der Waals surface area (Å²) in [6.45, 7) is 2.22. The summed E-state index contributed by atoms with van der Waals surface area (Å²) < 4.78 is 11.2. The van der Waals surface area contributed by atoms with E-state index in [4.69, 9.17) is 21.1 Å². The summed E-state index contributed by atoms with van der Waals surface area (Å²) in [5.74, 6) is -0.693. The van der Waals surface area contributed by atoms with Gasteiger partial charge in [0, 0.05) is 21.5 Å². The highest BCUT2D eigenvalue weighted by Crippen LogP contribution is 2.37. The number of halogens is 1. The van der Waals surface area contributed by atoms with Crippen molar-refractivity contribution in [3.8, 4) is 22.9 Å². The summed E-state index contributed by atoms with van der Waals surface area (Å²) in [7, 11) is 0. The molecule has 3 aromatic carbocycles. The molecule has 0 saturated carbocycles. The van der Waals surface area contributed by atoms with Gasteiger partial charge in [-0.25, -0.2) is 4.79 Å². The van der Waals surface area contributed by atoms with Crippen molar-refractivity contribution in [3.05, 3.63) is 112 Å². The van der Waals surface area contributed by atoms with Crippen LogP contribution in [0.1, 0.15) is 28.4 Å². The fourth-order valence-electron chi connectivity index (χ4n) is 3.64. The number of anilines is 1. The van der Waals surface area contributed by atoms with Crippen LogP contribution in [0.4, 0.5) is 5.00 Å². The Kier molecular flexibility index (Phi) is 8.94. The summed E-state index contributed by atoms with van der Waals surface area (Å²) in [4.78, 5) is 26.0. The number of rotatable bonds is 9. The molecule has 1 aromatic heterocycles. The van der Waals surface area contributed by atoms with Crippen LogP contribution in [0.25, 0.3) is 17.2 Å². The van der Waals surface area contributed by atoms with E-state index in [1.165, 1.54) is 17.4 Å². The van der Waals surface area contributed by atoms with Crippen LogP contribution < -0.4 is 10.1 Å². The molecule has 0 atom stereocenters. The topological polar surface area (TPSA) is 88.4 Å². The number of ether oxygens (including phenoxy) is 2. The molecule has 4 aromatic rings. The van der Waals surface area contributed by atoms with Crippen molar-refractivity contribution in [1.29, 1.82) is 5.26 Å². The van der Waals surface area contributed by atoms with Gasteiger partial charge in [-0.3, -0.25) is 4.79 Å². The molecule has 1 amide bonds. The Balaban J connectivity index is 1.60. The standard InChI is InChI=1S/C30H23ClN2O4S/c1-2-36-30(35)27-25(21-12-14-24(31)15-13-21)19-38-29(27)33-28(34)23(17-32)16-22-10-6-7-11-26(22)37-18-20-8-4-3-5-9-20/h3-16,19H,2,18H2,1H3,(H,33,34). The van der Waals surface area contributed by atoms with E-state index in [1.807, 2.05) is 42.5 Å². The first kappa shape index (κ1) is 26.7. The Morgan fingerprint density at radius 3 is 2.45 bits per heavy atom. The minimum Gasteiger partial charge on any atom is -0.488 e. The van der Waals surface area contributed by atoms with Crippen LogP contribution in [0.2, 0.25) is 5.02 Å². The molecule has 0 aliphatic heterocycles. The Hall–Kier alpha value is -4.38. The second kappa shape index (κ2) is 12.7. The monoisotopic (exact) mass is 542 g/mol. The second-order valence-electron chi connectivity index (χ2n) is 8.02. The zero-order valence-electron chi connectivity index (χ0n) is 20.4. The van der Waals surface area contributed by atoms with Crippen molar-refractivity contribution in [3.63, 3.8) is 0 Å². The van der Waals surface area contributed by atoms with Crippen LogP contribution in [0.15, 0.2) is 89.8 Å². The third-order valence-electron chi connectivity index (χ3n) is 5.47. The van der Waals surface area contributed by atoms with Crippen LogP contribution in [0.5, 0.6) is 5.75 Å². The Labute approximate surface area is 229 Å². The molecule has 0 fully saturated rings. The molecule has 190 valence electrons. The zero-order chi connectivity index (χ0) is 26.9. The van der Waals surface area contributed by atoms with Crippen molar-refractivity contribution in [2.45, 2.75) is 13.5 Å². The zero-order valence-corrected chi connectivity index (χ0v) is 22.0. The molecule has 4 rings (SSSR count). The minimum absolute atomic E-state index is 0.142. The molecule has 0 aliphatic carbocycles. The molecule has 1 heterocycles. The van der Waals surface area contributed by atoms with E-state index in [-0.39, 0.29) is 22.7 Å². The summed E-state index contributed by atoms with van der Waals surface area (Å²) in [6, 6.07) is 25.8. The largest absolute Gasteiger partial charge is 0.488 e. The third kappa shape index (κ3) is 6.48. The number of nitrogens with zero attached hydrogens (tertiary/aromatic N) is 1. The number of nitriles is 1. The number of thiophene rings is 1. The molecule has 0 bridgehead atoms. The first-order valence-corrected chi connectivity index (χ1v) is 13.0. The van der Waals surface area contributed by atoms with Gasteiger partial charge in [0.25, 0.3) is 5.91 Å². The molecule has 0 aliphatic rings. The lowest BCUT2D eigenvalue weighted by Gasteiger charge is -2.10. The highest BCUT2D eigenvalue weighted by atomic mass is 35.5. The lowest BCUT2D eigenvalue weighted by atomic mass is 10.0. The maximum absolute atomic E-state index is 13.2. The van der Waals surface area contributed by atoms with Crippen LogP contribution in [-0.4, -0.2) is 18.5 Å². The van der Waals surface area contributed by atoms with Crippen LogP contribution in [0.3, 0.4) is 0 Å². The van der Waals surface area contributed by atoms with Crippen molar-refractivity contribution in [2.24, 2.45) is 0 Å². The highest BCUT2D eigenvalue weighted by molar-refractivity contribution is 7.15. The molecule has 0 spiro atoms. The SMILES string of the molecule is CCOC(=O)c1c(-c2ccc(Cl)cc2)csc1NC(=O)C(C#N)=Cc1ccccc1OCc1ccccc1. The first-order chi connectivity index (χ1) is 18.5. The van der Waals surface area contributed by atoms with Gasteiger partial charge in [0.1, 0.15) is 34.6 Å². The third-order valence-corrected chi connectivity index (χ3v) is 6.62. The lowest BCUT2D eigenvalue weighted by Crippen LogP contribution is -2.16. The van der Waals surface area contributed by atoms with Crippen molar-refractivity contribution >= 4 is 45.9 Å². The van der Waals surface area contributed by atoms with Gasteiger partial charge in [-0.2, -0.15) is 5.26 Å². The average molecular weight is 543 g/mol. The summed E-state index contributed by atoms with van der Waals surface area (Å²) in [5.41, 5.74) is 2.99. The number of nitrogens with one attached hydrogen (secondary N) is 1. The smallest absolute Gasteiger partial charge is 0.341 e. The predicted molar refractivity (Wildman–Crippen MR) is 150 cm³/mol. The maximum atomic E-state index is 13.2. The van der Waals surface area contributed by atoms with Gasteiger partial charge < -0.3 is 14.8 Å². The van der Waals surface area contributed by atoms with E-state index in [0.29, 0.717) is 28.5 Å². The first-order valence-electron chi connectivity index (χ1n) is 11.7. The van der Waals surface area contributed by atoms with Gasteiger partial charge in [-0.05, 0) is 42.3 Å². The summed E-state index contributed by atoms with van der Waals surface area (Å²) in [6.07, 6.45) is 1.47. The molecule has 6 nitrogen and oxygen atoms in total. The maximum Gasteiger partial charge on any atom is 0.341 e. The van der Waals surface area contributed by atoms with E-state index in [2.05, 4.69) is 5.32 Å². The molecule has 1 N–H and O–H groups in total. The van der Waals surface area contributed by atoms with E-state index in [1.54, 1.807) is 54.8 Å². The van der Waals surface area contributed by atoms with Gasteiger partial charge in [-0.15, -0.1) is 11.3 Å². The Bertz CT molecular complexity index is 1510. The van der Waals surface area contributed by atoms with E-state index < -0.39 is 11.9 Å². The Morgan fingerprint density at radius 2 is 1.74 bits per heavy atom. The normalized spacial score (nSPS) is 10.9. The van der Waals surface area contributed by atoms with Gasteiger partial charge in [0.15, 0.2) is 0 Å². The molecule has 8 heteroatoms. The van der Waals surface area contributed by atoms with Crippen LogP contribution in [-0.2, 0) is 16.1 Å². The molecule has 0 unspecified atom stereocenters. The van der Waals surface area contributed by atoms with Crippen LogP contribution in [0, 0.1) is 11.3 Å². The number of hydrogen-bond donors (Lipinski definition) is 1. The number of benzene rings is 3. The molecular weight excluding hydrogens is 520 g/mol. The highest BCUT2D eigenvalue weighted by Gasteiger charge is 2.24. The van der Waals surface area contributed by atoms with E-state index in [9.17, 15) is 14.9 Å². The van der Waals surface area contributed by atoms with Gasteiger partial charge >= 0.3 is 5.97 Å². The summed E-state index contributed by atoms with van der Waals surface area (Å²) >= 11 is 7.19. The number of esters is 1. The average Bonchev–Trinajstić information content (AvgIpc) is 3.35. The molecule has 0 radical (unpaired) electrons. The fourth-order valence-corrected chi connectivity index (χ4v) is 4.72. The van der Waals surface area contributed by atoms with E-state index >= 15 is 0 Å². The van der Waals surface area contributed by atoms with Crippen molar-refractivity contribution in [1.82, 2.24) is 0 Å². The fraction of sp³-hybridized carbons (Fsp3) is 0.100. The molecule has 38 heavy (non-hydrogen) atoms. The quantitative estimate of drug-likeness (QED) is 0.135.